The number of nitrogens with one attached hydrogen (secondary N) is 1. The Morgan fingerprint density at radius 2 is 0.852 bits per heavy atom. The Kier molecular flexibility index (Phi) is 40.7. The summed E-state index contributed by atoms with van der Waals surface area (Å²) in [6.45, 7) is 1.67. The SMILES string of the molecule is CC/C=C\C/C=C\C/C=C\C/C=C\CCCCCCCCCCC(=O)NC(COC1OC(CO)C(OC2OC(CO)C(OC3OC(CO)C(O)C(O)C3O)C(O)C2O)C(O)C1O)C(O)CCCCCCCCCCCCCCCCC. The monoisotopic (exact) mass is 1160 g/mol. The highest BCUT2D eigenvalue weighted by molar-refractivity contribution is 5.76. The number of carbonyl (C=O) groups is 1. The van der Waals surface area contributed by atoms with Crippen molar-refractivity contribution in [3.05, 3.63) is 48.6 Å². The Labute approximate surface area is 484 Å². The van der Waals surface area contributed by atoms with Gasteiger partial charge in [-0.05, 0) is 51.4 Å². The molecule has 472 valence electrons. The zero-order valence-electron chi connectivity index (χ0n) is 49.3. The van der Waals surface area contributed by atoms with Gasteiger partial charge in [0.05, 0.1) is 38.6 Å². The molecule has 19 heteroatoms. The summed E-state index contributed by atoms with van der Waals surface area (Å²) in [5.41, 5.74) is 0. The normalized spacial score (nSPS) is 30.1. The minimum Gasteiger partial charge on any atom is -0.394 e. The highest BCUT2D eigenvalue weighted by Crippen LogP contribution is 2.33. The lowest BCUT2D eigenvalue weighted by atomic mass is 9.96. The smallest absolute Gasteiger partial charge is 0.220 e. The molecule has 0 aliphatic carbocycles. The molecular weight excluding hydrogens is 1050 g/mol. The summed E-state index contributed by atoms with van der Waals surface area (Å²) in [6.07, 6.45) is 23.3. The molecule has 3 fully saturated rings. The van der Waals surface area contributed by atoms with Crippen molar-refractivity contribution in [2.75, 3.05) is 26.4 Å². The van der Waals surface area contributed by atoms with E-state index in [1.807, 2.05) is 0 Å². The van der Waals surface area contributed by atoms with Gasteiger partial charge in [0.25, 0.3) is 0 Å². The average molecular weight is 1160 g/mol. The fourth-order valence-electron chi connectivity index (χ4n) is 10.5. The molecule has 0 saturated carbocycles. The summed E-state index contributed by atoms with van der Waals surface area (Å²) in [5, 5.41) is 120. The Hall–Kier alpha value is -2.25. The Morgan fingerprint density at radius 3 is 1.33 bits per heavy atom. The van der Waals surface area contributed by atoms with Gasteiger partial charge in [-0.15, -0.1) is 0 Å². The lowest BCUT2D eigenvalue weighted by Gasteiger charge is -2.48. The van der Waals surface area contributed by atoms with E-state index in [0.717, 1.165) is 83.5 Å². The van der Waals surface area contributed by atoms with Crippen LogP contribution in [0, 0.1) is 0 Å². The summed E-state index contributed by atoms with van der Waals surface area (Å²) in [7, 11) is 0. The molecule has 0 aromatic rings. The molecule has 0 bridgehead atoms. The molecular formula is C62H111NO18. The average Bonchev–Trinajstić information content (AvgIpc) is 3.46. The van der Waals surface area contributed by atoms with E-state index in [-0.39, 0.29) is 18.9 Å². The second kappa shape index (κ2) is 45.1. The maximum Gasteiger partial charge on any atom is 0.220 e. The highest BCUT2D eigenvalue weighted by atomic mass is 16.8. The molecule has 3 rings (SSSR count). The number of amides is 1. The van der Waals surface area contributed by atoms with Crippen LogP contribution < -0.4 is 5.32 Å². The number of hydrogen-bond donors (Lipinski definition) is 12. The molecule has 0 aromatic carbocycles. The zero-order valence-corrected chi connectivity index (χ0v) is 49.3. The van der Waals surface area contributed by atoms with Crippen LogP contribution in [0.3, 0.4) is 0 Å². The van der Waals surface area contributed by atoms with E-state index in [9.17, 15) is 61.0 Å². The second-order valence-electron chi connectivity index (χ2n) is 22.5. The Bertz CT molecular complexity index is 1670. The van der Waals surface area contributed by atoms with Gasteiger partial charge >= 0.3 is 0 Å². The molecule has 12 N–H and O–H groups in total. The second-order valence-corrected chi connectivity index (χ2v) is 22.5. The van der Waals surface area contributed by atoms with Gasteiger partial charge in [-0.3, -0.25) is 4.79 Å². The van der Waals surface area contributed by atoms with Crippen LogP contribution in [0.1, 0.15) is 206 Å². The van der Waals surface area contributed by atoms with Crippen LogP contribution in [0.5, 0.6) is 0 Å². The van der Waals surface area contributed by atoms with Gasteiger partial charge in [-0.1, -0.05) is 197 Å². The number of hydrogen-bond acceptors (Lipinski definition) is 18. The number of carbonyl (C=O) groups excluding carboxylic acids is 1. The summed E-state index contributed by atoms with van der Waals surface area (Å²) in [5.74, 6) is -0.253. The number of aliphatic hydroxyl groups excluding tert-OH is 11. The van der Waals surface area contributed by atoms with Crippen molar-refractivity contribution in [3.63, 3.8) is 0 Å². The fourth-order valence-corrected chi connectivity index (χ4v) is 10.5. The quantitative estimate of drug-likeness (QED) is 0.0236. The van der Waals surface area contributed by atoms with Crippen molar-refractivity contribution in [2.24, 2.45) is 0 Å². The van der Waals surface area contributed by atoms with E-state index in [0.29, 0.717) is 12.8 Å². The van der Waals surface area contributed by atoms with E-state index >= 15 is 0 Å². The molecule has 3 aliphatic rings. The molecule has 0 radical (unpaired) electrons. The van der Waals surface area contributed by atoms with Crippen LogP contribution in [-0.2, 0) is 33.2 Å². The number of ether oxygens (including phenoxy) is 6. The third kappa shape index (κ3) is 28.7. The van der Waals surface area contributed by atoms with Crippen molar-refractivity contribution in [2.45, 2.75) is 311 Å². The molecule has 17 atom stereocenters. The summed E-state index contributed by atoms with van der Waals surface area (Å²) < 4.78 is 34.3. The van der Waals surface area contributed by atoms with Gasteiger partial charge in [0.1, 0.15) is 73.2 Å². The molecule has 19 nitrogen and oxygen atoms in total. The van der Waals surface area contributed by atoms with E-state index in [1.165, 1.54) is 89.9 Å². The van der Waals surface area contributed by atoms with Crippen LogP contribution in [0.4, 0.5) is 0 Å². The van der Waals surface area contributed by atoms with Crippen molar-refractivity contribution in [1.82, 2.24) is 5.32 Å². The van der Waals surface area contributed by atoms with Crippen LogP contribution in [0.15, 0.2) is 48.6 Å². The fraction of sp³-hybridized carbons (Fsp3) is 0.855. The molecule has 0 spiro atoms. The molecule has 3 aliphatic heterocycles. The Morgan fingerprint density at radius 1 is 0.457 bits per heavy atom. The molecule has 81 heavy (non-hydrogen) atoms. The molecule has 0 aromatic heterocycles. The van der Waals surface area contributed by atoms with Crippen molar-refractivity contribution in [1.29, 1.82) is 0 Å². The molecule has 1 amide bonds. The predicted molar refractivity (Wildman–Crippen MR) is 309 cm³/mol. The maximum atomic E-state index is 13.4. The standard InChI is InChI=1S/C62H111NO18/c1-3-5-7-9-11-13-15-17-19-20-21-22-23-24-26-28-30-32-34-36-38-40-50(68)63-45(46(67)39-37-35-33-31-29-27-25-18-16-14-12-10-8-6-4-2)44-76-60-56(74)53(71)58(48(42-65)78-60)81-62-57(75)54(72)59(49(43-66)79-62)80-61-55(73)52(70)51(69)47(41-64)77-61/h5,7,11,13,17,19,21-22,45-49,51-62,64-67,69-75H,3-4,6,8-10,12,14-16,18,20,23-44H2,1-2H3,(H,63,68)/b7-5-,13-11-,19-17-,22-21-. The first-order valence-electron chi connectivity index (χ1n) is 31.4. The van der Waals surface area contributed by atoms with Gasteiger partial charge in [0.15, 0.2) is 18.9 Å². The van der Waals surface area contributed by atoms with Crippen molar-refractivity contribution in [3.8, 4) is 0 Å². The van der Waals surface area contributed by atoms with Crippen LogP contribution >= 0.6 is 0 Å². The van der Waals surface area contributed by atoms with Gasteiger partial charge in [0, 0.05) is 6.42 Å². The molecule has 17 unspecified atom stereocenters. The van der Waals surface area contributed by atoms with Gasteiger partial charge in [-0.2, -0.15) is 0 Å². The first kappa shape index (κ1) is 73.0. The van der Waals surface area contributed by atoms with Crippen LogP contribution in [0.2, 0.25) is 0 Å². The summed E-state index contributed by atoms with van der Waals surface area (Å²) in [4.78, 5) is 13.4. The van der Waals surface area contributed by atoms with Gasteiger partial charge in [-0.25, -0.2) is 0 Å². The summed E-state index contributed by atoms with van der Waals surface area (Å²) >= 11 is 0. The number of aliphatic hydroxyl groups is 11. The molecule has 3 heterocycles. The lowest BCUT2D eigenvalue weighted by Crippen LogP contribution is -2.66. The lowest BCUT2D eigenvalue weighted by molar-refractivity contribution is -0.379. The van der Waals surface area contributed by atoms with Crippen molar-refractivity contribution < 1.29 is 89.4 Å². The minimum absolute atomic E-state index is 0.253. The predicted octanol–water partition coefficient (Wildman–Crippen LogP) is 6.26. The maximum absolute atomic E-state index is 13.4. The van der Waals surface area contributed by atoms with Gasteiger partial charge in [0.2, 0.25) is 5.91 Å². The van der Waals surface area contributed by atoms with E-state index in [2.05, 4.69) is 67.8 Å². The molecule has 3 saturated heterocycles. The van der Waals surface area contributed by atoms with Crippen LogP contribution in [0.25, 0.3) is 0 Å². The largest absolute Gasteiger partial charge is 0.394 e. The zero-order chi connectivity index (χ0) is 59.0. The highest BCUT2D eigenvalue weighted by Gasteiger charge is 2.53. The van der Waals surface area contributed by atoms with Crippen molar-refractivity contribution >= 4 is 5.91 Å². The minimum atomic E-state index is -1.97. The first-order valence-corrected chi connectivity index (χ1v) is 31.4. The van der Waals surface area contributed by atoms with Crippen LogP contribution in [-0.4, -0.2) is 193 Å². The van der Waals surface area contributed by atoms with E-state index in [4.69, 9.17) is 28.4 Å². The van der Waals surface area contributed by atoms with E-state index in [1.54, 1.807) is 0 Å². The first-order chi connectivity index (χ1) is 39.3. The topological polar surface area (TPSA) is 307 Å². The third-order valence-electron chi connectivity index (χ3n) is 15.7. The summed E-state index contributed by atoms with van der Waals surface area (Å²) in [6, 6.07) is -0.892. The number of unbranched alkanes of at least 4 members (excludes halogenated alkanes) is 22. The number of allylic oxidation sites excluding steroid dienone is 8. The number of rotatable bonds is 46. The van der Waals surface area contributed by atoms with E-state index < -0.39 is 124 Å². The third-order valence-corrected chi connectivity index (χ3v) is 15.7. The Balaban J connectivity index is 1.47. The van der Waals surface area contributed by atoms with Gasteiger partial charge < -0.3 is 89.9 Å².